The predicted octanol–water partition coefficient (Wildman–Crippen LogP) is 3.82. The zero-order valence-corrected chi connectivity index (χ0v) is 10.5. The lowest BCUT2D eigenvalue weighted by molar-refractivity contribution is 0.230. The highest BCUT2D eigenvalue weighted by Crippen LogP contribution is 2.27. The maximum atomic E-state index is 5.58. The van der Waals surface area contributed by atoms with Gasteiger partial charge in [0.2, 0.25) is 0 Å². The van der Waals surface area contributed by atoms with Crippen molar-refractivity contribution in [2.75, 3.05) is 18.1 Å². The number of allylic oxidation sites excluding steroid dienone is 1. The van der Waals surface area contributed by atoms with Crippen molar-refractivity contribution in [1.82, 2.24) is 0 Å². The minimum atomic E-state index is 0.857. The largest absolute Gasteiger partial charge is 0.501 e. The van der Waals surface area contributed by atoms with E-state index in [1.54, 1.807) is 0 Å². The lowest BCUT2D eigenvalue weighted by Gasteiger charge is -2.24. The van der Waals surface area contributed by atoms with E-state index in [4.69, 9.17) is 4.74 Å². The summed E-state index contributed by atoms with van der Waals surface area (Å²) in [6, 6.07) is 10.4. The average Bonchev–Trinajstić information content (AvgIpc) is 2.27. The molecule has 0 saturated carbocycles. The second-order valence-electron chi connectivity index (χ2n) is 4.23. The second-order valence-corrected chi connectivity index (χ2v) is 5.30. The van der Waals surface area contributed by atoms with Crippen molar-refractivity contribution in [3.8, 4) is 0 Å². The number of benzene rings is 1. The molecule has 1 aliphatic rings. The molecule has 0 unspecified atom stereocenters. The highest BCUT2D eigenvalue weighted by Gasteiger charge is 2.17. The molecule has 1 aromatic rings. The zero-order valence-electron chi connectivity index (χ0n) is 9.69. The Labute approximate surface area is 102 Å². The van der Waals surface area contributed by atoms with Crippen LogP contribution in [-0.4, -0.2) is 18.1 Å². The van der Waals surface area contributed by atoms with Gasteiger partial charge >= 0.3 is 0 Å². The molecule has 1 nitrogen and oxygen atoms in total. The summed E-state index contributed by atoms with van der Waals surface area (Å²) in [5.74, 6) is 3.55. The summed E-state index contributed by atoms with van der Waals surface area (Å²) in [5.41, 5.74) is 2.44. The van der Waals surface area contributed by atoms with E-state index in [2.05, 4.69) is 31.2 Å². The summed E-state index contributed by atoms with van der Waals surface area (Å²) in [7, 11) is 0. The molecule has 0 atom stereocenters. The van der Waals surface area contributed by atoms with E-state index >= 15 is 0 Å². The van der Waals surface area contributed by atoms with Crippen LogP contribution in [0.15, 0.2) is 36.6 Å². The summed E-state index contributed by atoms with van der Waals surface area (Å²) in [6.07, 6.45) is 3.09. The van der Waals surface area contributed by atoms with Gasteiger partial charge in [0, 0.05) is 0 Å². The van der Waals surface area contributed by atoms with Crippen LogP contribution in [0.25, 0.3) is 5.57 Å². The first kappa shape index (κ1) is 11.6. The van der Waals surface area contributed by atoms with Crippen molar-refractivity contribution in [3.63, 3.8) is 0 Å². The average molecular weight is 234 g/mol. The van der Waals surface area contributed by atoms with Crippen LogP contribution in [-0.2, 0) is 4.74 Å². The lowest BCUT2D eigenvalue weighted by atomic mass is 10.1. The van der Waals surface area contributed by atoms with Gasteiger partial charge in [-0.25, -0.2) is 0 Å². The normalized spacial score (nSPS) is 16.9. The molecule has 0 bridgehead atoms. The molecule has 0 aliphatic carbocycles. The molecule has 1 heterocycles. The van der Waals surface area contributed by atoms with E-state index in [9.17, 15) is 0 Å². The van der Waals surface area contributed by atoms with Gasteiger partial charge in [-0.2, -0.15) is 11.8 Å². The van der Waals surface area contributed by atoms with Crippen molar-refractivity contribution in [3.05, 3.63) is 42.2 Å². The van der Waals surface area contributed by atoms with Gasteiger partial charge in [0.1, 0.15) is 0 Å². The topological polar surface area (TPSA) is 9.23 Å². The third-order valence-corrected chi connectivity index (χ3v) is 4.25. The standard InChI is InChI=1S/C14H18OS/c1-12(14-5-3-2-4-6-14)9-15-8-7-13-10-16-11-13/h2-6,9,13H,7-8,10-11H2,1H3/b12-9-. The van der Waals surface area contributed by atoms with Crippen LogP contribution in [0.5, 0.6) is 0 Å². The van der Waals surface area contributed by atoms with E-state index in [0.717, 1.165) is 12.5 Å². The van der Waals surface area contributed by atoms with Crippen LogP contribution < -0.4 is 0 Å². The highest BCUT2D eigenvalue weighted by atomic mass is 32.2. The highest BCUT2D eigenvalue weighted by molar-refractivity contribution is 8.00. The molecule has 2 rings (SSSR count). The molecule has 0 N–H and O–H groups in total. The fourth-order valence-corrected chi connectivity index (χ4v) is 2.54. The van der Waals surface area contributed by atoms with Crippen molar-refractivity contribution >= 4 is 17.3 Å². The fourth-order valence-electron chi connectivity index (χ4n) is 1.64. The van der Waals surface area contributed by atoms with Gasteiger partial charge in [0.15, 0.2) is 0 Å². The van der Waals surface area contributed by atoms with Gasteiger partial charge in [-0.05, 0) is 41.9 Å². The maximum absolute atomic E-state index is 5.58. The lowest BCUT2D eigenvalue weighted by Crippen LogP contribution is -2.19. The van der Waals surface area contributed by atoms with Crippen molar-refractivity contribution in [2.24, 2.45) is 5.92 Å². The predicted molar refractivity (Wildman–Crippen MR) is 71.5 cm³/mol. The Morgan fingerprint density at radius 3 is 2.75 bits per heavy atom. The van der Waals surface area contributed by atoms with Crippen LogP contribution in [0.4, 0.5) is 0 Å². The molecule has 86 valence electrons. The Morgan fingerprint density at radius 1 is 1.38 bits per heavy atom. The van der Waals surface area contributed by atoms with Gasteiger partial charge in [0.05, 0.1) is 12.9 Å². The van der Waals surface area contributed by atoms with Gasteiger partial charge < -0.3 is 4.74 Å². The van der Waals surface area contributed by atoms with E-state index in [1.807, 2.05) is 24.1 Å². The Balaban J connectivity index is 1.74. The fraction of sp³-hybridized carbons (Fsp3) is 0.429. The Morgan fingerprint density at radius 2 is 2.12 bits per heavy atom. The molecule has 1 aromatic carbocycles. The molecular formula is C14H18OS. The summed E-state index contributed by atoms with van der Waals surface area (Å²) < 4.78 is 5.58. The number of thioether (sulfide) groups is 1. The molecule has 16 heavy (non-hydrogen) atoms. The number of ether oxygens (including phenoxy) is 1. The third kappa shape index (κ3) is 3.31. The van der Waals surface area contributed by atoms with E-state index in [0.29, 0.717) is 0 Å². The van der Waals surface area contributed by atoms with Crippen molar-refractivity contribution < 1.29 is 4.74 Å². The molecule has 1 aliphatic heterocycles. The van der Waals surface area contributed by atoms with Crippen LogP contribution in [0, 0.1) is 5.92 Å². The maximum Gasteiger partial charge on any atom is 0.0876 e. The van der Waals surface area contributed by atoms with E-state index in [-0.39, 0.29) is 0 Å². The molecule has 0 spiro atoms. The molecule has 0 aromatic heterocycles. The Bertz CT molecular complexity index is 341. The van der Waals surface area contributed by atoms with Crippen molar-refractivity contribution in [2.45, 2.75) is 13.3 Å². The minimum Gasteiger partial charge on any atom is -0.501 e. The molecular weight excluding hydrogens is 216 g/mol. The van der Waals surface area contributed by atoms with Crippen molar-refractivity contribution in [1.29, 1.82) is 0 Å². The summed E-state index contributed by atoms with van der Waals surface area (Å²) in [5, 5.41) is 0. The number of hydrogen-bond acceptors (Lipinski definition) is 2. The summed E-state index contributed by atoms with van der Waals surface area (Å²) in [4.78, 5) is 0. The first-order valence-electron chi connectivity index (χ1n) is 5.78. The molecule has 0 radical (unpaired) electrons. The molecule has 2 heteroatoms. The first-order chi connectivity index (χ1) is 7.86. The van der Waals surface area contributed by atoms with Gasteiger partial charge in [-0.3, -0.25) is 0 Å². The van der Waals surface area contributed by atoms with Crippen LogP contribution >= 0.6 is 11.8 Å². The zero-order chi connectivity index (χ0) is 11.2. The van der Waals surface area contributed by atoms with Gasteiger partial charge in [-0.15, -0.1) is 0 Å². The number of hydrogen-bond donors (Lipinski definition) is 0. The monoisotopic (exact) mass is 234 g/mol. The summed E-state index contributed by atoms with van der Waals surface area (Å²) in [6.45, 7) is 2.95. The van der Waals surface area contributed by atoms with Crippen LogP contribution in [0.2, 0.25) is 0 Å². The number of rotatable bonds is 5. The van der Waals surface area contributed by atoms with Crippen LogP contribution in [0.3, 0.4) is 0 Å². The minimum absolute atomic E-state index is 0.857. The molecule has 1 fully saturated rings. The summed E-state index contributed by atoms with van der Waals surface area (Å²) >= 11 is 2.04. The third-order valence-electron chi connectivity index (χ3n) is 2.84. The molecule has 0 amide bonds. The van der Waals surface area contributed by atoms with Gasteiger partial charge in [-0.1, -0.05) is 30.3 Å². The van der Waals surface area contributed by atoms with E-state index < -0.39 is 0 Å². The van der Waals surface area contributed by atoms with Crippen LogP contribution in [0.1, 0.15) is 18.9 Å². The first-order valence-corrected chi connectivity index (χ1v) is 6.93. The Hall–Kier alpha value is -0.890. The van der Waals surface area contributed by atoms with Gasteiger partial charge in [0.25, 0.3) is 0 Å². The quantitative estimate of drug-likeness (QED) is 0.566. The molecule has 1 saturated heterocycles. The van der Waals surface area contributed by atoms with E-state index in [1.165, 1.54) is 29.1 Å². The SMILES string of the molecule is C/C(=C/OCCC1CSC1)c1ccccc1. The second kappa shape index (κ2) is 6.00. The Kier molecular flexibility index (Phi) is 4.34. The smallest absolute Gasteiger partial charge is 0.0876 e.